The van der Waals surface area contributed by atoms with Crippen LogP contribution < -0.4 is 16.0 Å². The number of carbonyl (C=O) groups excluding carboxylic acids is 1. The summed E-state index contributed by atoms with van der Waals surface area (Å²) in [6, 6.07) is 12.4. The average molecular weight is 421 g/mol. The normalized spacial score (nSPS) is 26.0. The van der Waals surface area contributed by atoms with E-state index in [9.17, 15) is 4.79 Å². The Hall–Kier alpha value is -2.97. The first-order chi connectivity index (χ1) is 14.9. The van der Waals surface area contributed by atoms with Gasteiger partial charge in [-0.15, -0.1) is 5.10 Å². The number of aryl methyl sites for hydroxylation is 1. The third-order valence-corrected chi connectivity index (χ3v) is 6.56. The number of nitrogens with two attached hydrogens (primary N) is 1. The molecule has 31 heavy (non-hydrogen) atoms. The Labute approximate surface area is 181 Å². The third-order valence-electron chi connectivity index (χ3n) is 6.56. The number of hydrogen-bond donors (Lipinski definition) is 2. The van der Waals surface area contributed by atoms with E-state index in [1.807, 2.05) is 13.1 Å². The summed E-state index contributed by atoms with van der Waals surface area (Å²) in [5, 5.41) is 7.34. The molecule has 162 valence electrons. The van der Waals surface area contributed by atoms with Crippen LogP contribution in [0.15, 0.2) is 42.6 Å². The van der Waals surface area contributed by atoms with Gasteiger partial charge in [0.1, 0.15) is 0 Å². The number of aromatic nitrogens is 3. The highest BCUT2D eigenvalue weighted by Gasteiger charge is 2.35. The van der Waals surface area contributed by atoms with E-state index in [1.165, 1.54) is 5.56 Å². The van der Waals surface area contributed by atoms with Gasteiger partial charge in [-0.25, -0.2) is 9.50 Å². The van der Waals surface area contributed by atoms with Crippen LogP contribution in [-0.2, 0) is 10.2 Å². The fraction of sp³-hybridized carbons (Fsp3) is 0.435. The number of anilines is 1. The largest absolute Gasteiger partial charge is 0.378 e. The van der Waals surface area contributed by atoms with Crippen molar-refractivity contribution in [3.05, 3.63) is 59.5 Å². The van der Waals surface area contributed by atoms with Crippen LogP contribution in [-0.4, -0.2) is 58.9 Å². The van der Waals surface area contributed by atoms with Gasteiger partial charge in [0.15, 0.2) is 5.65 Å². The van der Waals surface area contributed by atoms with Gasteiger partial charge < -0.3 is 20.7 Å². The minimum atomic E-state index is -0.326. The first-order valence-electron chi connectivity index (χ1n) is 10.7. The molecule has 3 aromatic rings. The number of nitrogens with one attached hydrogen (secondary N) is 1. The molecule has 2 saturated heterocycles. The summed E-state index contributed by atoms with van der Waals surface area (Å²) in [5.74, 6) is -0.177. The lowest BCUT2D eigenvalue weighted by atomic mass is 9.82. The molecule has 4 heterocycles. The molecule has 2 aliphatic rings. The van der Waals surface area contributed by atoms with Crippen LogP contribution in [0, 0.1) is 6.92 Å². The highest BCUT2D eigenvalue weighted by Crippen LogP contribution is 2.36. The van der Waals surface area contributed by atoms with E-state index in [4.69, 9.17) is 10.5 Å². The van der Waals surface area contributed by atoms with Gasteiger partial charge in [-0.2, -0.15) is 0 Å². The van der Waals surface area contributed by atoms with Crippen LogP contribution in [0.2, 0.25) is 0 Å². The molecule has 8 nitrogen and oxygen atoms in total. The predicted octanol–water partition coefficient (Wildman–Crippen LogP) is 1.66. The minimum Gasteiger partial charge on any atom is -0.378 e. The number of ether oxygens (including phenoxy) is 1. The van der Waals surface area contributed by atoms with Gasteiger partial charge in [0, 0.05) is 18.5 Å². The summed E-state index contributed by atoms with van der Waals surface area (Å²) in [4.78, 5) is 19.5. The monoisotopic (exact) mass is 420 g/mol. The van der Waals surface area contributed by atoms with Crippen LogP contribution >= 0.6 is 0 Å². The van der Waals surface area contributed by atoms with Crippen molar-refractivity contribution in [3.8, 4) is 0 Å². The Bertz CT molecular complexity index is 1110. The maximum atomic E-state index is 12.6. The van der Waals surface area contributed by atoms with Crippen molar-refractivity contribution in [2.24, 2.45) is 5.73 Å². The van der Waals surface area contributed by atoms with Gasteiger partial charge in [0.25, 0.3) is 5.91 Å². The van der Waals surface area contributed by atoms with Crippen molar-refractivity contribution >= 4 is 17.2 Å². The molecule has 3 atom stereocenters. The van der Waals surface area contributed by atoms with Crippen LogP contribution in [0.3, 0.4) is 0 Å². The van der Waals surface area contributed by atoms with Crippen molar-refractivity contribution in [2.45, 2.75) is 37.8 Å². The van der Waals surface area contributed by atoms with E-state index in [1.54, 1.807) is 4.52 Å². The summed E-state index contributed by atoms with van der Waals surface area (Å²) in [7, 11) is 0. The Kier molecular flexibility index (Phi) is 4.91. The first-order valence-corrected chi connectivity index (χ1v) is 10.7. The van der Waals surface area contributed by atoms with Crippen LogP contribution in [0.5, 0.6) is 0 Å². The van der Waals surface area contributed by atoms with Gasteiger partial charge in [0.05, 0.1) is 37.2 Å². The topological polar surface area (TPSA) is 97.8 Å². The molecule has 8 heteroatoms. The quantitative estimate of drug-likeness (QED) is 0.666. The van der Waals surface area contributed by atoms with Gasteiger partial charge in [-0.1, -0.05) is 37.3 Å². The summed E-state index contributed by atoms with van der Waals surface area (Å²) in [6.07, 6.45) is 3.05. The molecule has 5 rings (SSSR count). The molecule has 0 aliphatic carbocycles. The summed E-state index contributed by atoms with van der Waals surface area (Å²) < 4.78 is 7.03. The fourth-order valence-electron chi connectivity index (χ4n) is 4.61. The number of fused-ring (bicyclic) bond motifs is 1. The lowest BCUT2D eigenvalue weighted by Gasteiger charge is -2.26. The second-order valence-corrected chi connectivity index (χ2v) is 8.96. The molecule has 2 aliphatic heterocycles. The Balaban J connectivity index is 1.38. The standard InChI is InChI=1S/C23H28N6O2/c1-15-10-17(28-9-8-23(2,14-28)16-6-4-3-5-7-16)11-29-21(15)26-20(27-29)22(30)25-19-13-31-12-18(19)24/h3-7,10-11,18-19H,8-9,12-14,24H2,1-2H3,(H,25,30)/t18?,19?,23-/m0/s1. The van der Waals surface area contributed by atoms with Crippen LogP contribution in [0.4, 0.5) is 5.69 Å². The van der Waals surface area contributed by atoms with E-state index < -0.39 is 0 Å². The van der Waals surface area contributed by atoms with Gasteiger partial charge in [-0.05, 0) is 30.5 Å². The summed E-state index contributed by atoms with van der Waals surface area (Å²) >= 11 is 0. The van der Waals surface area contributed by atoms with Crippen molar-refractivity contribution in [2.75, 3.05) is 31.2 Å². The number of carbonyl (C=O) groups is 1. The average Bonchev–Trinajstić information content (AvgIpc) is 3.48. The van der Waals surface area contributed by atoms with Crippen molar-refractivity contribution in [1.82, 2.24) is 19.9 Å². The molecule has 2 fully saturated rings. The van der Waals surface area contributed by atoms with Crippen molar-refractivity contribution in [1.29, 1.82) is 0 Å². The minimum absolute atomic E-state index is 0.111. The van der Waals surface area contributed by atoms with E-state index in [0.29, 0.717) is 18.9 Å². The zero-order valence-electron chi connectivity index (χ0n) is 17.9. The zero-order valence-corrected chi connectivity index (χ0v) is 17.9. The predicted molar refractivity (Wildman–Crippen MR) is 118 cm³/mol. The molecule has 1 amide bonds. The zero-order chi connectivity index (χ0) is 21.6. The number of pyridine rings is 1. The molecule has 2 aromatic heterocycles. The molecule has 0 spiro atoms. The Morgan fingerprint density at radius 2 is 2.10 bits per heavy atom. The molecule has 3 N–H and O–H groups in total. The number of hydrogen-bond acceptors (Lipinski definition) is 6. The second-order valence-electron chi connectivity index (χ2n) is 8.96. The fourth-order valence-corrected chi connectivity index (χ4v) is 4.61. The molecule has 1 aromatic carbocycles. The van der Waals surface area contributed by atoms with E-state index in [2.05, 4.69) is 63.6 Å². The Morgan fingerprint density at radius 1 is 1.29 bits per heavy atom. The highest BCUT2D eigenvalue weighted by molar-refractivity contribution is 5.91. The maximum Gasteiger partial charge on any atom is 0.291 e. The lowest BCUT2D eigenvalue weighted by molar-refractivity contribution is 0.0918. The molecule has 0 radical (unpaired) electrons. The smallest absolute Gasteiger partial charge is 0.291 e. The summed E-state index contributed by atoms with van der Waals surface area (Å²) in [5.41, 5.74) is 10.2. The van der Waals surface area contributed by atoms with Gasteiger partial charge in [0.2, 0.25) is 5.82 Å². The van der Waals surface area contributed by atoms with Crippen molar-refractivity contribution in [3.63, 3.8) is 0 Å². The molecule has 2 unspecified atom stereocenters. The van der Waals surface area contributed by atoms with Gasteiger partial charge >= 0.3 is 0 Å². The van der Waals surface area contributed by atoms with E-state index in [-0.39, 0.29) is 29.2 Å². The number of nitrogens with zero attached hydrogens (tertiary/aromatic N) is 4. The van der Waals surface area contributed by atoms with Crippen LogP contribution in [0.25, 0.3) is 5.65 Å². The number of rotatable bonds is 4. The third kappa shape index (κ3) is 3.66. The highest BCUT2D eigenvalue weighted by atomic mass is 16.5. The Morgan fingerprint density at radius 3 is 2.84 bits per heavy atom. The summed E-state index contributed by atoms with van der Waals surface area (Å²) in [6.45, 7) is 7.09. The van der Waals surface area contributed by atoms with Crippen LogP contribution in [0.1, 0.15) is 35.1 Å². The molecular weight excluding hydrogens is 392 g/mol. The van der Waals surface area contributed by atoms with Gasteiger partial charge in [-0.3, -0.25) is 4.79 Å². The maximum absolute atomic E-state index is 12.6. The first kappa shape index (κ1) is 20.0. The number of benzene rings is 1. The SMILES string of the molecule is Cc1cc(N2CC[C@](C)(c3ccccc3)C2)cn2nc(C(=O)NC3COCC3N)nc12. The molecular formula is C23H28N6O2. The lowest BCUT2D eigenvalue weighted by Crippen LogP contribution is -2.46. The van der Waals surface area contributed by atoms with E-state index >= 15 is 0 Å². The second kappa shape index (κ2) is 7.62. The van der Waals surface area contributed by atoms with E-state index in [0.717, 1.165) is 30.8 Å². The van der Waals surface area contributed by atoms with Crippen molar-refractivity contribution < 1.29 is 9.53 Å². The molecule has 0 bridgehead atoms. The molecule has 0 saturated carbocycles. The number of amides is 1.